The highest BCUT2D eigenvalue weighted by Gasteiger charge is 2.25. The van der Waals surface area contributed by atoms with Crippen molar-refractivity contribution in [2.45, 2.75) is 19.4 Å². The number of benzene rings is 3. The van der Waals surface area contributed by atoms with E-state index in [1.54, 1.807) is 0 Å². The van der Waals surface area contributed by atoms with Crippen LogP contribution in [-0.4, -0.2) is 5.11 Å². The number of rotatable bonds is 3. The average Bonchev–Trinajstić information content (AvgIpc) is 2.54. The first-order valence-electron chi connectivity index (χ1n) is 7.64. The number of aliphatic hydroxyl groups is 1. The van der Waals surface area contributed by atoms with Gasteiger partial charge in [0.05, 0.1) is 5.60 Å². The Morgan fingerprint density at radius 1 is 0.739 bits per heavy atom. The van der Waals surface area contributed by atoms with Crippen LogP contribution in [0.3, 0.4) is 0 Å². The summed E-state index contributed by atoms with van der Waals surface area (Å²) in [6.45, 7) is 3.63. The molecule has 3 aromatic rings. The van der Waals surface area contributed by atoms with Gasteiger partial charge >= 0.3 is 0 Å². The van der Waals surface area contributed by atoms with Crippen LogP contribution in [0.25, 0.3) is 22.3 Å². The van der Waals surface area contributed by atoms with E-state index in [1.807, 2.05) is 86.6 Å². The maximum absolute atomic E-state index is 10.8. The van der Waals surface area contributed by atoms with Crippen molar-refractivity contribution in [1.29, 1.82) is 0 Å². The summed E-state index contributed by atoms with van der Waals surface area (Å²) in [5.41, 5.74) is 3.92. The predicted octanol–water partition coefficient (Wildman–Crippen LogP) is 5.90. The maximum Gasteiger partial charge on any atom is 0.0852 e. The second kappa shape index (κ2) is 6.19. The summed E-state index contributed by atoms with van der Waals surface area (Å²) in [5, 5.41) is 11.5. The molecule has 0 saturated carbocycles. The average molecular weight is 323 g/mol. The van der Waals surface area contributed by atoms with Crippen LogP contribution < -0.4 is 0 Å². The van der Waals surface area contributed by atoms with E-state index in [0.29, 0.717) is 5.02 Å². The zero-order chi connectivity index (χ0) is 16.4. The normalized spacial score (nSPS) is 11.5. The van der Waals surface area contributed by atoms with Gasteiger partial charge < -0.3 is 5.11 Å². The van der Waals surface area contributed by atoms with Crippen LogP contribution in [0.1, 0.15) is 19.4 Å². The van der Waals surface area contributed by atoms with Gasteiger partial charge in [-0.1, -0.05) is 72.3 Å². The molecule has 0 unspecified atom stereocenters. The molecule has 0 aliphatic rings. The summed E-state index contributed by atoms with van der Waals surface area (Å²) in [6.07, 6.45) is 0. The van der Waals surface area contributed by atoms with Gasteiger partial charge in [0.1, 0.15) is 0 Å². The van der Waals surface area contributed by atoms with Crippen molar-refractivity contribution < 1.29 is 5.11 Å². The molecule has 0 spiro atoms. The molecule has 0 heterocycles. The monoisotopic (exact) mass is 322 g/mol. The molecule has 1 N–H and O–H groups in total. The topological polar surface area (TPSA) is 20.2 Å². The fourth-order valence-electron chi connectivity index (χ4n) is 2.96. The molecule has 0 radical (unpaired) electrons. The Labute approximate surface area is 142 Å². The Morgan fingerprint density at radius 2 is 1.13 bits per heavy atom. The van der Waals surface area contributed by atoms with Crippen molar-refractivity contribution in [2.24, 2.45) is 0 Å². The molecule has 3 rings (SSSR count). The zero-order valence-electron chi connectivity index (χ0n) is 13.3. The van der Waals surface area contributed by atoms with Gasteiger partial charge in [-0.3, -0.25) is 0 Å². The first-order valence-corrected chi connectivity index (χ1v) is 8.02. The first kappa shape index (κ1) is 15.8. The van der Waals surface area contributed by atoms with Crippen molar-refractivity contribution in [3.05, 3.63) is 83.4 Å². The molecule has 0 fully saturated rings. The Balaban J connectivity index is 2.35. The van der Waals surface area contributed by atoms with Crippen LogP contribution in [0.4, 0.5) is 0 Å². The van der Waals surface area contributed by atoms with Crippen molar-refractivity contribution >= 4 is 11.6 Å². The Hall–Kier alpha value is -2.09. The molecule has 0 aliphatic heterocycles. The molecule has 23 heavy (non-hydrogen) atoms. The molecule has 0 amide bonds. The third kappa shape index (κ3) is 3.31. The van der Waals surface area contributed by atoms with E-state index in [4.69, 9.17) is 11.6 Å². The van der Waals surface area contributed by atoms with E-state index in [1.165, 1.54) is 0 Å². The Bertz CT molecular complexity index is 742. The van der Waals surface area contributed by atoms with E-state index in [2.05, 4.69) is 0 Å². The van der Waals surface area contributed by atoms with Crippen molar-refractivity contribution in [2.75, 3.05) is 0 Å². The van der Waals surface area contributed by atoms with Crippen LogP contribution >= 0.6 is 11.6 Å². The highest BCUT2D eigenvalue weighted by atomic mass is 35.5. The summed E-state index contributed by atoms with van der Waals surface area (Å²) in [6, 6.07) is 23.9. The lowest BCUT2D eigenvalue weighted by Gasteiger charge is -2.26. The van der Waals surface area contributed by atoms with E-state index in [9.17, 15) is 5.11 Å². The lowest BCUT2D eigenvalue weighted by Crippen LogP contribution is -2.18. The van der Waals surface area contributed by atoms with Crippen LogP contribution in [0.15, 0.2) is 72.8 Å². The third-order valence-corrected chi connectivity index (χ3v) is 4.10. The van der Waals surface area contributed by atoms with Gasteiger partial charge in [-0.05, 0) is 53.8 Å². The van der Waals surface area contributed by atoms with Gasteiger partial charge in [0, 0.05) is 5.02 Å². The summed E-state index contributed by atoms with van der Waals surface area (Å²) in [7, 11) is 0. The van der Waals surface area contributed by atoms with Gasteiger partial charge in [-0.2, -0.15) is 0 Å². The van der Waals surface area contributed by atoms with Crippen LogP contribution in [0.2, 0.25) is 5.02 Å². The maximum atomic E-state index is 10.8. The summed E-state index contributed by atoms with van der Waals surface area (Å²) < 4.78 is 0. The van der Waals surface area contributed by atoms with Gasteiger partial charge in [-0.15, -0.1) is 0 Å². The van der Waals surface area contributed by atoms with Crippen molar-refractivity contribution in [3.63, 3.8) is 0 Å². The van der Waals surface area contributed by atoms with Gasteiger partial charge in [0.15, 0.2) is 0 Å². The van der Waals surface area contributed by atoms with Gasteiger partial charge in [0.25, 0.3) is 0 Å². The van der Waals surface area contributed by atoms with E-state index >= 15 is 0 Å². The second-order valence-corrected chi connectivity index (χ2v) is 6.60. The van der Waals surface area contributed by atoms with Crippen LogP contribution in [0.5, 0.6) is 0 Å². The molecule has 3 aromatic carbocycles. The second-order valence-electron chi connectivity index (χ2n) is 6.17. The highest BCUT2D eigenvalue weighted by Crippen LogP contribution is 2.41. The molecular formula is C21H19ClO. The predicted molar refractivity (Wildman–Crippen MR) is 97.6 cm³/mol. The molecule has 0 atom stereocenters. The molecule has 0 bridgehead atoms. The summed E-state index contributed by atoms with van der Waals surface area (Å²) in [4.78, 5) is 0. The number of hydrogen-bond donors (Lipinski definition) is 1. The number of hydrogen-bond acceptors (Lipinski definition) is 1. The van der Waals surface area contributed by atoms with Crippen molar-refractivity contribution in [1.82, 2.24) is 0 Å². The lowest BCUT2D eigenvalue weighted by atomic mass is 9.83. The zero-order valence-corrected chi connectivity index (χ0v) is 14.0. The molecule has 0 aliphatic carbocycles. The van der Waals surface area contributed by atoms with Gasteiger partial charge in [-0.25, -0.2) is 0 Å². The third-order valence-electron chi connectivity index (χ3n) is 3.88. The molecule has 0 saturated heterocycles. The molecule has 1 nitrogen and oxygen atoms in total. The van der Waals surface area contributed by atoms with Crippen LogP contribution in [0, 0.1) is 0 Å². The minimum Gasteiger partial charge on any atom is -0.386 e. The molecule has 0 aromatic heterocycles. The lowest BCUT2D eigenvalue weighted by molar-refractivity contribution is 0.0798. The molecule has 116 valence electrons. The van der Waals surface area contributed by atoms with E-state index < -0.39 is 5.60 Å². The fraction of sp³-hybridized carbons (Fsp3) is 0.143. The highest BCUT2D eigenvalue weighted by molar-refractivity contribution is 6.31. The Kier molecular flexibility index (Phi) is 4.25. The molecular weight excluding hydrogens is 304 g/mol. The van der Waals surface area contributed by atoms with Crippen LogP contribution in [-0.2, 0) is 5.60 Å². The Morgan fingerprint density at radius 3 is 1.48 bits per heavy atom. The number of halogens is 1. The largest absolute Gasteiger partial charge is 0.386 e. The standard InChI is InChI=1S/C21H19ClO/c1-21(2,23)20-18(15-9-5-3-6-10-15)13-17(22)14-19(20)16-11-7-4-8-12-16/h3-14,23H,1-2H3. The first-order chi connectivity index (χ1) is 11.0. The summed E-state index contributed by atoms with van der Waals surface area (Å²) >= 11 is 6.39. The van der Waals surface area contributed by atoms with Crippen molar-refractivity contribution in [3.8, 4) is 22.3 Å². The smallest absolute Gasteiger partial charge is 0.0852 e. The minimum atomic E-state index is -0.985. The SMILES string of the molecule is CC(C)(O)c1c(-c2ccccc2)cc(Cl)cc1-c1ccccc1. The quantitative estimate of drug-likeness (QED) is 0.636. The fourth-order valence-corrected chi connectivity index (χ4v) is 3.17. The summed E-state index contributed by atoms with van der Waals surface area (Å²) in [5.74, 6) is 0. The minimum absolute atomic E-state index is 0.663. The van der Waals surface area contributed by atoms with E-state index in [-0.39, 0.29) is 0 Å². The van der Waals surface area contributed by atoms with Gasteiger partial charge in [0.2, 0.25) is 0 Å². The van der Waals surface area contributed by atoms with E-state index in [0.717, 1.165) is 27.8 Å². The molecule has 2 heteroatoms.